The Labute approximate surface area is 179 Å². The Morgan fingerprint density at radius 1 is 0.966 bits per heavy atom. The summed E-state index contributed by atoms with van der Waals surface area (Å²) >= 11 is 3.51. The summed E-state index contributed by atoms with van der Waals surface area (Å²) in [7, 11) is 1.63. The highest BCUT2D eigenvalue weighted by Gasteiger charge is 2.31. The summed E-state index contributed by atoms with van der Waals surface area (Å²) in [5.41, 5.74) is 5.40. The van der Waals surface area contributed by atoms with Gasteiger partial charge in [0.2, 0.25) is 0 Å². The second-order valence-corrected chi connectivity index (χ2v) is 7.67. The van der Waals surface area contributed by atoms with Crippen LogP contribution >= 0.6 is 15.9 Å². The van der Waals surface area contributed by atoms with Crippen LogP contribution in [0.1, 0.15) is 16.7 Å². The number of hydrogen-bond donors (Lipinski definition) is 0. The van der Waals surface area contributed by atoms with Gasteiger partial charge in [-0.1, -0.05) is 54.6 Å². The fourth-order valence-corrected chi connectivity index (χ4v) is 4.00. The number of anilines is 1. The summed E-state index contributed by atoms with van der Waals surface area (Å²) in [5.74, 6) is 0.719. The molecule has 4 heteroatoms. The summed E-state index contributed by atoms with van der Waals surface area (Å²) in [6.45, 7) is 2.02. The first-order valence-corrected chi connectivity index (χ1v) is 10.1. The number of amides is 1. The van der Waals surface area contributed by atoms with E-state index >= 15 is 0 Å². The molecule has 0 atom stereocenters. The quantitative estimate of drug-likeness (QED) is 0.444. The van der Waals surface area contributed by atoms with Crippen molar-refractivity contribution in [1.29, 1.82) is 0 Å². The Kier molecular flexibility index (Phi) is 5.36. The Morgan fingerprint density at radius 3 is 2.38 bits per heavy atom. The van der Waals surface area contributed by atoms with Crippen molar-refractivity contribution in [2.24, 2.45) is 0 Å². The van der Waals surface area contributed by atoms with Crippen LogP contribution in [-0.4, -0.2) is 13.0 Å². The van der Waals surface area contributed by atoms with E-state index in [1.165, 1.54) is 0 Å². The van der Waals surface area contributed by atoms with Crippen LogP contribution < -0.4 is 9.64 Å². The second kappa shape index (κ2) is 8.10. The molecule has 0 bridgehead atoms. The minimum atomic E-state index is -0.0370. The molecule has 0 N–H and O–H groups in total. The number of para-hydroxylation sites is 1. The maximum Gasteiger partial charge on any atom is 0.262 e. The lowest BCUT2D eigenvalue weighted by molar-refractivity contribution is -0.113. The Morgan fingerprint density at radius 2 is 1.69 bits per heavy atom. The van der Waals surface area contributed by atoms with Crippen LogP contribution in [0.5, 0.6) is 5.75 Å². The van der Waals surface area contributed by atoms with Gasteiger partial charge in [0.05, 0.1) is 23.0 Å². The molecule has 3 nitrogen and oxygen atoms in total. The van der Waals surface area contributed by atoms with Gasteiger partial charge in [-0.25, -0.2) is 0 Å². The van der Waals surface area contributed by atoms with Crippen molar-refractivity contribution in [3.05, 3.63) is 106 Å². The van der Waals surface area contributed by atoms with Crippen LogP contribution in [0.2, 0.25) is 0 Å². The van der Waals surface area contributed by atoms with Crippen molar-refractivity contribution in [3.8, 4) is 5.75 Å². The normalized spacial score (nSPS) is 15.0. The monoisotopic (exact) mass is 445 g/mol. The van der Waals surface area contributed by atoms with Crippen LogP contribution in [0.25, 0.3) is 11.8 Å². The van der Waals surface area contributed by atoms with Crippen LogP contribution in [0.3, 0.4) is 0 Å². The van der Waals surface area contributed by atoms with Gasteiger partial charge in [0.15, 0.2) is 0 Å². The highest BCUT2D eigenvalue weighted by atomic mass is 79.9. The molecular weight excluding hydrogens is 426 g/mol. The summed E-state index contributed by atoms with van der Waals surface area (Å²) in [6, 6.07) is 23.7. The summed E-state index contributed by atoms with van der Waals surface area (Å²) in [6.07, 6.45) is 3.87. The summed E-state index contributed by atoms with van der Waals surface area (Å²) < 4.78 is 6.15. The van der Waals surface area contributed by atoms with E-state index in [0.29, 0.717) is 5.57 Å². The first-order valence-electron chi connectivity index (χ1n) is 9.31. The first-order chi connectivity index (χ1) is 14.1. The zero-order valence-corrected chi connectivity index (χ0v) is 17.8. The van der Waals surface area contributed by atoms with Crippen LogP contribution in [0.4, 0.5) is 5.69 Å². The third-order valence-corrected chi connectivity index (χ3v) is 5.53. The lowest BCUT2D eigenvalue weighted by Crippen LogP contribution is -2.25. The van der Waals surface area contributed by atoms with Gasteiger partial charge in [-0.15, -0.1) is 0 Å². The number of rotatable bonds is 4. The number of ether oxygens (including phenoxy) is 1. The van der Waals surface area contributed by atoms with E-state index in [0.717, 1.165) is 38.3 Å². The zero-order chi connectivity index (χ0) is 20.4. The molecule has 0 aliphatic carbocycles. The van der Waals surface area contributed by atoms with Gasteiger partial charge in [0.1, 0.15) is 5.75 Å². The molecule has 1 aliphatic rings. The van der Waals surface area contributed by atoms with E-state index in [4.69, 9.17) is 4.74 Å². The van der Waals surface area contributed by atoms with Crippen molar-refractivity contribution in [1.82, 2.24) is 0 Å². The number of halogens is 1. The zero-order valence-electron chi connectivity index (χ0n) is 16.2. The number of aryl methyl sites for hydroxylation is 1. The molecule has 1 amide bonds. The van der Waals surface area contributed by atoms with Gasteiger partial charge in [-0.2, -0.15) is 0 Å². The number of methoxy groups -OCH3 is 1. The molecule has 0 saturated carbocycles. The van der Waals surface area contributed by atoms with Crippen molar-refractivity contribution in [2.75, 3.05) is 12.0 Å². The Balaban J connectivity index is 1.82. The predicted octanol–water partition coefficient (Wildman–Crippen LogP) is 6.24. The molecule has 0 fully saturated rings. The number of nitrogens with zero attached hydrogens (tertiary/aromatic N) is 1. The van der Waals surface area contributed by atoms with E-state index in [2.05, 4.69) is 15.9 Å². The van der Waals surface area contributed by atoms with Crippen molar-refractivity contribution in [3.63, 3.8) is 0 Å². The van der Waals surface area contributed by atoms with Crippen LogP contribution in [-0.2, 0) is 4.79 Å². The lowest BCUT2D eigenvalue weighted by atomic mass is 10.1. The maximum atomic E-state index is 13.4. The largest absolute Gasteiger partial charge is 0.496 e. The highest BCUT2D eigenvalue weighted by molar-refractivity contribution is 9.10. The molecular formula is C25H20BrNO2. The highest BCUT2D eigenvalue weighted by Crippen LogP contribution is 2.37. The minimum absolute atomic E-state index is 0.0370. The molecule has 29 heavy (non-hydrogen) atoms. The SMILES string of the molecule is COc1ccc(/C=C2\C=C(c3ccccc3)N(c3ccccc3C)C2=O)cc1Br. The van der Waals surface area contributed by atoms with Crippen molar-refractivity contribution < 1.29 is 9.53 Å². The molecule has 3 aromatic rings. The lowest BCUT2D eigenvalue weighted by Gasteiger charge is -2.22. The number of carbonyl (C=O) groups is 1. The molecule has 0 saturated heterocycles. The third-order valence-electron chi connectivity index (χ3n) is 4.91. The molecule has 144 valence electrons. The number of hydrogen-bond acceptors (Lipinski definition) is 2. The fourth-order valence-electron chi connectivity index (χ4n) is 3.44. The van der Waals surface area contributed by atoms with Crippen LogP contribution in [0, 0.1) is 6.92 Å². The van der Waals surface area contributed by atoms with E-state index in [9.17, 15) is 4.79 Å². The van der Waals surface area contributed by atoms with E-state index in [-0.39, 0.29) is 5.91 Å². The Hall–Kier alpha value is -3.11. The fraction of sp³-hybridized carbons (Fsp3) is 0.0800. The average Bonchev–Trinajstić information content (AvgIpc) is 3.05. The molecule has 0 aromatic heterocycles. The summed E-state index contributed by atoms with van der Waals surface area (Å²) in [4.78, 5) is 15.2. The molecule has 0 radical (unpaired) electrons. The Bertz CT molecular complexity index is 1130. The second-order valence-electron chi connectivity index (χ2n) is 6.82. The van der Waals surface area contributed by atoms with E-state index < -0.39 is 0 Å². The molecule has 1 aliphatic heterocycles. The first kappa shape index (κ1) is 19.2. The smallest absolute Gasteiger partial charge is 0.262 e. The van der Waals surface area contributed by atoms with Gasteiger partial charge < -0.3 is 4.74 Å². The minimum Gasteiger partial charge on any atom is -0.496 e. The van der Waals surface area contributed by atoms with Crippen LogP contribution in [0.15, 0.2) is 88.9 Å². The predicted molar refractivity (Wildman–Crippen MR) is 122 cm³/mol. The number of carbonyl (C=O) groups excluding carboxylic acids is 1. The molecule has 0 unspecified atom stereocenters. The molecule has 3 aromatic carbocycles. The topological polar surface area (TPSA) is 29.5 Å². The average molecular weight is 446 g/mol. The van der Waals surface area contributed by atoms with Gasteiger partial charge in [-0.05, 0) is 69.9 Å². The van der Waals surface area contributed by atoms with Gasteiger partial charge in [0, 0.05) is 5.57 Å². The van der Waals surface area contributed by atoms with Gasteiger partial charge >= 0.3 is 0 Å². The maximum absolute atomic E-state index is 13.4. The summed E-state index contributed by atoms with van der Waals surface area (Å²) in [5, 5.41) is 0. The van der Waals surface area contributed by atoms with E-state index in [1.54, 1.807) is 12.0 Å². The molecule has 4 rings (SSSR count). The van der Waals surface area contributed by atoms with Crippen molar-refractivity contribution >= 4 is 39.3 Å². The van der Waals surface area contributed by atoms with Gasteiger partial charge in [-0.3, -0.25) is 9.69 Å². The van der Waals surface area contributed by atoms with E-state index in [1.807, 2.05) is 91.9 Å². The molecule has 1 heterocycles. The standard InChI is InChI=1S/C25H20BrNO2/c1-17-8-6-7-11-22(17)27-23(19-9-4-3-5-10-19)16-20(25(27)28)14-18-12-13-24(29-2)21(26)15-18/h3-16H,1-2H3/b20-14+. The molecule has 0 spiro atoms. The third kappa shape index (κ3) is 3.76. The number of benzene rings is 3. The van der Waals surface area contributed by atoms with Gasteiger partial charge in [0.25, 0.3) is 5.91 Å². The van der Waals surface area contributed by atoms with Crippen molar-refractivity contribution in [2.45, 2.75) is 6.92 Å².